The molecule has 4 N–H and O–H groups in total. The van der Waals surface area contributed by atoms with Gasteiger partial charge in [-0.1, -0.05) is 12.5 Å². The molecular weight excluding hydrogens is 399 g/mol. The van der Waals surface area contributed by atoms with Gasteiger partial charge in [0.15, 0.2) is 0 Å². The largest absolute Gasteiger partial charge is 0.385 e. The Labute approximate surface area is 178 Å². The number of aliphatic hydroxyl groups is 1. The Kier molecular flexibility index (Phi) is 4.86. The molecule has 2 aromatic carbocycles. The minimum absolute atomic E-state index is 0.00238. The van der Waals surface area contributed by atoms with Crippen LogP contribution in [0.15, 0.2) is 30.3 Å². The van der Waals surface area contributed by atoms with E-state index in [1.807, 2.05) is 6.92 Å². The van der Waals surface area contributed by atoms with E-state index in [2.05, 4.69) is 26.0 Å². The van der Waals surface area contributed by atoms with E-state index in [9.17, 15) is 14.3 Å². The lowest BCUT2D eigenvalue weighted by atomic mass is 9.81. The van der Waals surface area contributed by atoms with Gasteiger partial charge in [0.1, 0.15) is 22.5 Å². The molecule has 0 radical (unpaired) electrons. The van der Waals surface area contributed by atoms with Crippen molar-refractivity contribution < 1.29 is 14.3 Å². The Balaban J connectivity index is 1.42. The lowest BCUT2D eigenvalue weighted by molar-refractivity contribution is -0.108. The Bertz CT molecular complexity index is 1130. The molecule has 2 aliphatic heterocycles. The van der Waals surface area contributed by atoms with Crippen LogP contribution in [0.4, 0.5) is 15.8 Å². The van der Waals surface area contributed by atoms with Crippen molar-refractivity contribution in [3.8, 4) is 0 Å². The molecule has 3 aromatic rings. The van der Waals surface area contributed by atoms with Gasteiger partial charge in [0.25, 0.3) is 5.91 Å². The van der Waals surface area contributed by atoms with Crippen LogP contribution >= 0.6 is 0 Å². The highest BCUT2D eigenvalue weighted by atomic mass is 19.1. The first-order chi connectivity index (χ1) is 14.9. The minimum atomic E-state index is -0.912. The zero-order valence-electron chi connectivity index (χ0n) is 17.3. The summed E-state index contributed by atoms with van der Waals surface area (Å²) in [5.74, 6) is -0.638. The number of aromatic nitrogens is 3. The number of aromatic amines is 1. The van der Waals surface area contributed by atoms with E-state index in [4.69, 9.17) is 0 Å². The number of nitrogens with zero attached hydrogens (tertiary/aromatic N) is 3. The number of H-pyrrole nitrogens is 1. The molecule has 1 amide bonds. The predicted octanol–water partition coefficient (Wildman–Crippen LogP) is 2.48. The molecule has 1 aromatic heterocycles. The van der Waals surface area contributed by atoms with Crippen LogP contribution in [0.2, 0.25) is 0 Å². The number of halogens is 1. The Hall–Kier alpha value is -3.04. The highest BCUT2D eigenvalue weighted by molar-refractivity contribution is 6.04. The van der Waals surface area contributed by atoms with Gasteiger partial charge in [-0.15, -0.1) is 0 Å². The van der Waals surface area contributed by atoms with Gasteiger partial charge in [-0.25, -0.2) is 4.39 Å². The molecule has 2 saturated heterocycles. The fourth-order valence-electron chi connectivity index (χ4n) is 4.50. The molecule has 1 unspecified atom stereocenters. The molecule has 31 heavy (non-hydrogen) atoms. The van der Waals surface area contributed by atoms with Crippen molar-refractivity contribution in [1.82, 2.24) is 25.6 Å². The summed E-state index contributed by atoms with van der Waals surface area (Å²) in [6.07, 6.45) is 3.09. The summed E-state index contributed by atoms with van der Waals surface area (Å²) in [5.41, 5.74) is 2.09. The Morgan fingerprint density at radius 2 is 1.97 bits per heavy atom. The number of benzene rings is 2. The molecule has 8 nitrogen and oxygen atoms in total. The van der Waals surface area contributed by atoms with Crippen molar-refractivity contribution in [2.75, 3.05) is 25.0 Å². The first-order valence-corrected chi connectivity index (χ1v) is 10.6. The molecule has 3 heterocycles. The number of likely N-dealkylation sites (tertiary alicyclic amines) is 1. The normalized spacial score (nSPS) is 20.5. The predicted molar refractivity (Wildman–Crippen MR) is 115 cm³/mol. The molecule has 1 atom stereocenters. The maximum absolute atomic E-state index is 14.4. The van der Waals surface area contributed by atoms with E-state index in [1.165, 1.54) is 6.07 Å². The average molecular weight is 424 g/mol. The monoisotopic (exact) mass is 424 g/mol. The van der Waals surface area contributed by atoms with Gasteiger partial charge < -0.3 is 20.6 Å². The number of β-amino-alcohol motifs (C(OH)–C–C–N with tert-alkyl or cyclic N) is 1. The van der Waals surface area contributed by atoms with Crippen LogP contribution < -0.4 is 10.6 Å². The fourth-order valence-corrected chi connectivity index (χ4v) is 4.50. The number of rotatable bonds is 4. The van der Waals surface area contributed by atoms with Gasteiger partial charge in [-0.2, -0.15) is 15.4 Å². The topological polar surface area (TPSA) is 106 Å². The minimum Gasteiger partial charge on any atom is -0.385 e. The van der Waals surface area contributed by atoms with Crippen LogP contribution in [0, 0.1) is 12.7 Å². The van der Waals surface area contributed by atoms with Crippen LogP contribution in [0.5, 0.6) is 0 Å². The van der Waals surface area contributed by atoms with Crippen LogP contribution in [-0.2, 0) is 0 Å². The van der Waals surface area contributed by atoms with E-state index >= 15 is 0 Å². The SMILES string of the molecule is Cc1ccc(Nc2cc3n[nH]nc3cc2C(=O)N2CC(O)(C3CCCCN3)C2)c(F)c1. The average Bonchev–Trinajstić information content (AvgIpc) is 3.20. The van der Waals surface area contributed by atoms with Crippen molar-refractivity contribution >= 4 is 28.3 Å². The van der Waals surface area contributed by atoms with Crippen LogP contribution in [0.1, 0.15) is 35.2 Å². The zero-order chi connectivity index (χ0) is 21.6. The standard InChI is InChI=1S/C22H25FN6O2/c1-13-5-6-16(15(23)8-13)25-17-10-19-18(26-28-27-19)9-14(17)21(30)29-11-22(31,12-29)20-4-2-3-7-24-20/h5-6,8-10,20,24-25,31H,2-4,7,11-12H2,1H3,(H,26,27,28). The first kappa shape index (κ1) is 19.9. The van der Waals surface area contributed by atoms with Gasteiger partial charge in [0.2, 0.25) is 0 Å². The number of aryl methyl sites for hydroxylation is 1. The molecule has 0 aliphatic carbocycles. The molecule has 0 spiro atoms. The van der Waals surface area contributed by atoms with Crippen molar-refractivity contribution in [3.05, 3.63) is 47.3 Å². The van der Waals surface area contributed by atoms with E-state index in [1.54, 1.807) is 29.2 Å². The van der Waals surface area contributed by atoms with Gasteiger partial charge in [0.05, 0.1) is 30.0 Å². The maximum atomic E-state index is 14.4. The number of carbonyl (C=O) groups excluding carboxylic acids is 1. The molecular formula is C22H25FN6O2. The highest BCUT2D eigenvalue weighted by Gasteiger charge is 2.49. The number of anilines is 2. The first-order valence-electron chi connectivity index (χ1n) is 10.6. The summed E-state index contributed by atoms with van der Waals surface area (Å²) in [6.45, 7) is 3.23. The van der Waals surface area contributed by atoms with E-state index in [0.717, 1.165) is 31.4 Å². The lowest BCUT2D eigenvalue weighted by Gasteiger charge is -2.51. The highest BCUT2D eigenvalue weighted by Crippen LogP contribution is 2.33. The third kappa shape index (κ3) is 3.64. The summed E-state index contributed by atoms with van der Waals surface area (Å²) in [6, 6.07) is 8.21. The number of nitrogens with one attached hydrogen (secondary N) is 3. The quantitative estimate of drug-likeness (QED) is 0.513. The van der Waals surface area contributed by atoms with Crippen molar-refractivity contribution in [3.63, 3.8) is 0 Å². The van der Waals surface area contributed by atoms with E-state index in [0.29, 0.717) is 22.3 Å². The summed E-state index contributed by atoms with van der Waals surface area (Å²) in [7, 11) is 0. The number of carbonyl (C=O) groups is 1. The zero-order valence-corrected chi connectivity index (χ0v) is 17.3. The lowest BCUT2D eigenvalue weighted by Crippen LogP contribution is -2.72. The Morgan fingerprint density at radius 1 is 1.19 bits per heavy atom. The van der Waals surface area contributed by atoms with Crippen LogP contribution in [0.3, 0.4) is 0 Å². The molecule has 162 valence electrons. The number of hydrogen-bond donors (Lipinski definition) is 4. The van der Waals surface area contributed by atoms with Crippen molar-refractivity contribution in [2.45, 2.75) is 37.8 Å². The number of fused-ring (bicyclic) bond motifs is 1. The fraction of sp³-hybridized carbons (Fsp3) is 0.409. The summed E-state index contributed by atoms with van der Waals surface area (Å²) < 4.78 is 14.4. The second-order valence-corrected chi connectivity index (χ2v) is 8.59. The van der Waals surface area contributed by atoms with Crippen molar-refractivity contribution in [2.24, 2.45) is 0 Å². The number of amides is 1. The van der Waals surface area contributed by atoms with Crippen molar-refractivity contribution in [1.29, 1.82) is 0 Å². The molecule has 5 rings (SSSR count). The van der Waals surface area contributed by atoms with E-state index < -0.39 is 11.4 Å². The van der Waals surface area contributed by atoms with Gasteiger partial charge in [-0.05, 0) is 56.1 Å². The molecule has 0 bridgehead atoms. The molecule has 0 saturated carbocycles. The van der Waals surface area contributed by atoms with Gasteiger partial charge >= 0.3 is 0 Å². The second kappa shape index (κ2) is 7.58. The van der Waals surface area contributed by atoms with Crippen LogP contribution in [0.25, 0.3) is 11.0 Å². The third-order valence-corrected chi connectivity index (χ3v) is 6.26. The maximum Gasteiger partial charge on any atom is 0.256 e. The van der Waals surface area contributed by atoms with E-state index in [-0.39, 0.29) is 30.7 Å². The van der Waals surface area contributed by atoms with Gasteiger partial charge in [-0.3, -0.25) is 4.79 Å². The molecule has 2 fully saturated rings. The molecule has 9 heteroatoms. The summed E-state index contributed by atoms with van der Waals surface area (Å²) in [4.78, 5) is 14.9. The number of piperidine rings is 1. The summed E-state index contributed by atoms with van der Waals surface area (Å²) in [5, 5.41) is 28.1. The smallest absolute Gasteiger partial charge is 0.256 e. The summed E-state index contributed by atoms with van der Waals surface area (Å²) >= 11 is 0. The van der Waals surface area contributed by atoms with Crippen LogP contribution in [-0.4, -0.2) is 62.6 Å². The number of hydrogen-bond acceptors (Lipinski definition) is 6. The Morgan fingerprint density at radius 3 is 2.68 bits per heavy atom. The van der Waals surface area contributed by atoms with Gasteiger partial charge in [0, 0.05) is 6.04 Å². The second-order valence-electron chi connectivity index (χ2n) is 8.59. The molecule has 2 aliphatic rings. The third-order valence-electron chi connectivity index (χ3n) is 6.26.